The van der Waals surface area contributed by atoms with Crippen LogP contribution in [-0.4, -0.2) is 0 Å². The molecule has 0 unspecified atom stereocenters. The molecule has 0 saturated heterocycles. The van der Waals surface area contributed by atoms with Crippen LogP contribution in [0.3, 0.4) is 0 Å². The van der Waals surface area contributed by atoms with Crippen molar-refractivity contribution in [1.82, 2.24) is 0 Å². The number of fused-ring (bicyclic) bond motifs is 2. The van der Waals surface area contributed by atoms with Gasteiger partial charge in [0.05, 0.1) is 0 Å². The molecule has 2 aromatic carbocycles. The van der Waals surface area contributed by atoms with Gasteiger partial charge in [0, 0.05) is 0 Å². The van der Waals surface area contributed by atoms with Crippen LogP contribution in [0.1, 0.15) is 36.5 Å². The number of rotatable bonds is 2. The van der Waals surface area contributed by atoms with Crippen molar-refractivity contribution in [3.8, 4) is 0 Å². The molecule has 0 bridgehead atoms. The van der Waals surface area contributed by atoms with Crippen LogP contribution >= 0.6 is 0 Å². The highest BCUT2D eigenvalue weighted by Gasteiger charge is 2.26. The lowest BCUT2D eigenvalue weighted by molar-refractivity contribution is 0.686. The summed E-state index contributed by atoms with van der Waals surface area (Å²) < 4.78 is 0. The fourth-order valence-electron chi connectivity index (χ4n) is 4.84. The lowest BCUT2D eigenvalue weighted by atomic mass is 9.81. The van der Waals surface area contributed by atoms with Gasteiger partial charge in [-0.05, 0) is 69.7 Å². The highest BCUT2D eigenvalue weighted by Crippen LogP contribution is 2.43. The summed E-state index contributed by atoms with van der Waals surface area (Å²) in [5.74, 6) is 0.561. The van der Waals surface area contributed by atoms with Crippen molar-refractivity contribution in [2.75, 3.05) is 0 Å². The normalized spacial score (nSPS) is 20.7. The monoisotopic (exact) mass is 374 g/mol. The zero-order valence-electron chi connectivity index (χ0n) is 16.9. The second-order valence-corrected chi connectivity index (χ2v) is 8.12. The number of allylic oxidation sites excluding steroid dienone is 11. The summed E-state index contributed by atoms with van der Waals surface area (Å²) in [6.07, 6.45) is 19.0. The molecule has 142 valence electrons. The summed E-state index contributed by atoms with van der Waals surface area (Å²) >= 11 is 0. The van der Waals surface area contributed by atoms with Crippen LogP contribution in [0.15, 0.2) is 119 Å². The zero-order valence-corrected chi connectivity index (χ0v) is 16.9. The van der Waals surface area contributed by atoms with Gasteiger partial charge in [-0.1, -0.05) is 104 Å². The second-order valence-electron chi connectivity index (χ2n) is 8.12. The molecule has 5 rings (SSSR count). The van der Waals surface area contributed by atoms with E-state index in [0.29, 0.717) is 5.92 Å². The highest BCUT2D eigenvalue weighted by molar-refractivity contribution is 5.89. The van der Waals surface area contributed by atoms with Crippen LogP contribution in [-0.2, 0) is 6.42 Å². The van der Waals surface area contributed by atoms with Crippen molar-refractivity contribution in [2.45, 2.75) is 26.2 Å². The number of hydrogen-bond acceptors (Lipinski definition) is 0. The molecule has 0 spiro atoms. The van der Waals surface area contributed by atoms with Crippen LogP contribution in [0.5, 0.6) is 0 Å². The molecule has 0 aromatic heterocycles. The summed E-state index contributed by atoms with van der Waals surface area (Å²) in [7, 11) is 0. The Morgan fingerprint density at radius 1 is 0.793 bits per heavy atom. The Hall–Kier alpha value is -3.12. The first kappa shape index (κ1) is 17.9. The van der Waals surface area contributed by atoms with E-state index < -0.39 is 0 Å². The fourth-order valence-corrected chi connectivity index (χ4v) is 4.84. The van der Waals surface area contributed by atoms with Gasteiger partial charge in [-0.15, -0.1) is 0 Å². The maximum Gasteiger partial charge on any atom is -0.00137 e. The van der Waals surface area contributed by atoms with Crippen molar-refractivity contribution in [1.29, 1.82) is 0 Å². The molecule has 0 aliphatic heterocycles. The predicted octanol–water partition coefficient (Wildman–Crippen LogP) is 7.38. The Kier molecular flexibility index (Phi) is 4.77. The Labute approximate surface area is 174 Å². The summed E-state index contributed by atoms with van der Waals surface area (Å²) in [5, 5.41) is 0. The average molecular weight is 375 g/mol. The molecule has 0 saturated carbocycles. The molecule has 0 fully saturated rings. The standard InChI is InChI=1S/C29H26/c1-21-12-8-10-16-24(21)28-20-23-15-9-11-17-25(23)29(22-13-4-2-5-14-22)27-19-7-3-6-18-26(27)28/h2-11,13-17,19,21H,12,18,20H2,1H3/t21-/m0/s1. The fraction of sp³-hybridized carbons (Fsp3) is 0.172. The molecule has 0 heteroatoms. The summed E-state index contributed by atoms with van der Waals surface area (Å²) in [4.78, 5) is 0. The largest absolute Gasteiger partial charge is 0.0839 e. The molecule has 29 heavy (non-hydrogen) atoms. The van der Waals surface area contributed by atoms with Gasteiger partial charge in [-0.25, -0.2) is 0 Å². The quantitative estimate of drug-likeness (QED) is 0.514. The predicted molar refractivity (Wildman–Crippen MR) is 124 cm³/mol. The molecular weight excluding hydrogens is 348 g/mol. The molecule has 3 aliphatic carbocycles. The molecule has 0 N–H and O–H groups in total. The molecular formula is C29H26. The Morgan fingerprint density at radius 3 is 2.48 bits per heavy atom. The number of benzene rings is 2. The third-order valence-corrected chi connectivity index (χ3v) is 6.29. The van der Waals surface area contributed by atoms with E-state index in [1.165, 1.54) is 44.6 Å². The third-order valence-electron chi connectivity index (χ3n) is 6.29. The minimum absolute atomic E-state index is 0.561. The molecule has 1 atom stereocenters. The minimum atomic E-state index is 0.561. The second kappa shape index (κ2) is 7.72. The minimum Gasteiger partial charge on any atom is -0.0839 e. The molecule has 0 nitrogen and oxygen atoms in total. The van der Waals surface area contributed by atoms with E-state index in [1.54, 1.807) is 0 Å². The molecule has 3 aliphatic rings. The highest BCUT2D eigenvalue weighted by atomic mass is 14.3. The van der Waals surface area contributed by atoms with Gasteiger partial charge in [0.1, 0.15) is 0 Å². The molecule has 0 amide bonds. The summed E-state index contributed by atoms with van der Waals surface area (Å²) in [6, 6.07) is 19.9. The Balaban J connectivity index is 1.85. The molecule has 2 aromatic rings. The maximum atomic E-state index is 2.36. The first-order valence-electron chi connectivity index (χ1n) is 10.6. The van der Waals surface area contributed by atoms with E-state index in [9.17, 15) is 0 Å². The van der Waals surface area contributed by atoms with Crippen LogP contribution in [0, 0.1) is 5.92 Å². The Morgan fingerprint density at radius 2 is 1.62 bits per heavy atom. The molecule has 0 radical (unpaired) electrons. The van der Waals surface area contributed by atoms with E-state index >= 15 is 0 Å². The third kappa shape index (κ3) is 3.29. The van der Waals surface area contributed by atoms with E-state index in [4.69, 9.17) is 0 Å². The van der Waals surface area contributed by atoms with Gasteiger partial charge in [-0.3, -0.25) is 0 Å². The maximum absolute atomic E-state index is 2.36. The van der Waals surface area contributed by atoms with Gasteiger partial charge >= 0.3 is 0 Å². The first-order valence-corrected chi connectivity index (χ1v) is 10.6. The van der Waals surface area contributed by atoms with Crippen LogP contribution in [0.2, 0.25) is 0 Å². The van der Waals surface area contributed by atoms with Crippen LogP contribution < -0.4 is 0 Å². The smallest absolute Gasteiger partial charge is 0.00137 e. The Bertz CT molecular complexity index is 1110. The lowest BCUT2D eigenvalue weighted by Gasteiger charge is -2.23. The van der Waals surface area contributed by atoms with Gasteiger partial charge in [0.15, 0.2) is 0 Å². The van der Waals surface area contributed by atoms with Crippen molar-refractivity contribution in [3.05, 3.63) is 136 Å². The zero-order chi connectivity index (χ0) is 19.6. The summed E-state index contributed by atoms with van der Waals surface area (Å²) in [5.41, 5.74) is 11.3. The van der Waals surface area contributed by atoms with E-state index in [0.717, 1.165) is 19.3 Å². The topological polar surface area (TPSA) is 0 Å². The van der Waals surface area contributed by atoms with Crippen molar-refractivity contribution < 1.29 is 0 Å². The lowest BCUT2D eigenvalue weighted by Crippen LogP contribution is -2.09. The summed E-state index contributed by atoms with van der Waals surface area (Å²) in [6.45, 7) is 2.36. The van der Waals surface area contributed by atoms with Gasteiger partial charge < -0.3 is 0 Å². The van der Waals surface area contributed by atoms with Crippen molar-refractivity contribution in [2.24, 2.45) is 5.92 Å². The van der Waals surface area contributed by atoms with E-state index in [1.807, 2.05) is 0 Å². The van der Waals surface area contributed by atoms with Gasteiger partial charge in [0.25, 0.3) is 0 Å². The van der Waals surface area contributed by atoms with E-state index in [-0.39, 0.29) is 0 Å². The molecule has 0 heterocycles. The van der Waals surface area contributed by atoms with Crippen LogP contribution in [0.4, 0.5) is 0 Å². The first-order chi connectivity index (χ1) is 14.3. The van der Waals surface area contributed by atoms with E-state index in [2.05, 4.69) is 104 Å². The van der Waals surface area contributed by atoms with Crippen molar-refractivity contribution >= 4 is 5.57 Å². The van der Waals surface area contributed by atoms with Crippen molar-refractivity contribution in [3.63, 3.8) is 0 Å². The van der Waals surface area contributed by atoms with Gasteiger partial charge in [0.2, 0.25) is 0 Å². The van der Waals surface area contributed by atoms with Gasteiger partial charge in [-0.2, -0.15) is 0 Å². The SMILES string of the molecule is C[C@H]1CC=CC=C1C1=C2CC=CC=CC2=C(c2ccccc2)c2ccccc2C1. The average Bonchev–Trinajstić information content (AvgIpc) is 3.07. The number of hydrogen-bond donors (Lipinski definition) is 0. The van der Waals surface area contributed by atoms with Crippen LogP contribution in [0.25, 0.3) is 5.57 Å².